The molecule has 3 aromatic rings. The predicted molar refractivity (Wildman–Crippen MR) is 103 cm³/mol. The molecular weight excluding hydrogens is 386 g/mol. The Morgan fingerprint density at radius 3 is 2.81 bits per heavy atom. The van der Waals surface area contributed by atoms with Crippen LogP contribution in [0.4, 0.5) is 5.69 Å². The van der Waals surface area contributed by atoms with Crippen LogP contribution in [0, 0.1) is 11.3 Å². The van der Waals surface area contributed by atoms with E-state index >= 15 is 0 Å². The number of ether oxygens (including phenoxy) is 1. The molecule has 1 N–H and O–H groups in total. The summed E-state index contributed by atoms with van der Waals surface area (Å²) in [6.45, 7) is -0.484. The van der Waals surface area contributed by atoms with E-state index in [1.54, 1.807) is 47.8 Å². The number of nitrogens with zero attached hydrogens (tertiary/aromatic N) is 2. The fourth-order valence-corrected chi connectivity index (χ4v) is 3.18. The minimum atomic E-state index is -0.705. The molecule has 1 amide bonds. The highest BCUT2D eigenvalue weighted by atomic mass is 35.5. The van der Waals surface area contributed by atoms with E-state index in [2.05, 4.69) is 10.3 Å². The van der Waals surface area contributed by atoms with Gasteiger partial charge in [0.05, 0.1) is 11.3 Å². The summed E-state index contributed by atoms with van der Waals surface area (Å²) < 4.78 is 4.99. The Bertz CT molecular complexity index is 1040. The van der Waals surface area contributed by atoms with Gasteiger partial charge in [0, 0.05) is 16.0 Å². The van der Waals surface area contributed by atoms with Gasteiger partial charge in [0.15, 0.2) is 12.3 Å². The van der Waals surface area contributed by atoms with Gasteiger partial charge in [0.1, 0.15) is 11.1 Å². The lowest BCUT2D eigenvalue weighted by Crippen LogP contribution is -2.21. The van der Waals surface area contributed by atoms with Crippen molar-refractivity contribution in [1.82, 2.24) is 4.98 Å². The number of halogens is 1. The zero-order chi connectivity index (χ0) is 19.2. The molecule has 0 aliphatic rings. The second-order valence-corrected chi connectivity index (χ2v) is 6.62. The lowest BCUT2D eigenvalue weighted by atomic mass is 10.2. The van der Waals surface area contributed by atoms with Crippen LogP contribution in [0.3, 0.4) is 0 Å². The van der Waals surface area contributed by atoms with Crippen LogP contribution in [0.25, 0.3) is 10.6 Å². The first-order valence-electron chi connectivity index (χ1n) is 7.74. The molecule has 0 saturated heterocycles. The lowest BCUT2D eigenvalue weighted by Gasteiger charge is -2.07. The van der Waals surface area contributed by atoms with E-state index in [1.165, 1.54) is 11.3 Å². The highest BCUT2D eigenvalue weighted by Gasteiger charge is 2.15. The summed E-state index contributed by atoms with van der Waals surface area (Å²) in [4.78, 5) is 28.3. The molecule has 0 fully saturated rings. The SMILES string of the molecule is N#Cc1ccccc1NC(=O)COC(=O)c1csc(-c2cccc(Cl)c2)n1. The maximum atomic E-state index is 12.1. The van der Waals surface area contributed by atoms with E-state index < -0.39 is 18.5 Å². The van der Waals surface area contributed by atoms with Gasteiger partial charge in [-0.25, -0.2) is 9.78 Å². The minimum Gasteiger partial charge on any atom is -0.451 e. The third-order valence-corrected chi connectivity index (χ3v) is 4.57. The first-order valence-corrected chi connectivity index (χ1v) is 9.00. The maximum Gasteiger partial charge on any atom is 0.358 e. The number of nitriles is 1. The summed E-state index contributed by atoms with van der Waals surface area (Å²) in [6, 6.07) is 15.6. The quantitative estimate of drug-likeness (QED) is 0.653. The average Bonchev–Trinajstić information content (AvgIpc) is 3.17. The first kappa shape index (κ1) is 18.6. The maximum absolute atomic E-state index is 12.1. The van der Waals surface area contributed by atoms with Crippen molar-refractivity contribution in [2.24, 2.45) is 0 Å². The van der Waals surface area contributed by atoms with Gasteiger partial charge in [-0.05, 0) is 24.3 Å². The van der Waals surface area contributed by atoms with E-state index in [-0.39, 0.29) is 5.69 Å². The summed E-state index contributed by atoms with van der Waals surface area (Å²) in [5.41, 5.74) is 1.58. The van der Waals surface area contributed by atoms with Gasteiger partial charge in [0.2, 0.25) is 0 Å². The Kier molecular flexibility index (Phi) is 5.81. The molecule has 6 nitrogen and oxygen atoms in total. The molecule has 0 spiro atoms. The van der Waals surface area contributed by atoms with E-state index in [4.69, 9.17) is 21.6 Å². The molecule has 3 rings (SSSR count). The standard InChI is InChI=1S/C19H12ClN3O3S/c20-14-6-3-5-12(8-14)18-23-16(11-27-18)19(25)26-10-17(24)22-15-7-2-1-4-13(15)9-21/h1-8,11H,10H2,(H,22,24). The normalized spacial score (nSPS) is 10.1. The summed E-state index contributed by atoms with van der Waals surface area (Å²) in [7, 11) is 0. The number of para-hydroxylation sites is 1. The molecule has 0 bridgehead atoms. The van der Waals surface area contributed by atoms with E-state index in [9.17, 15) is 9.59 Å². The van der Waals surface area contributed by atoms with Gasteiger partial charge in [-0.1, -0.05) is 35.9 Å². The van der Waals surface area contributed by atoms with Crippen molar-refractivity contribution < 1.29 is 14.3 Å². The van der Waals surface area contributed by atoms with Crippen molar-refractivity contribution in [3.05, 3.63) is 70.2 Å². The van der Waals surface area contributed by atoms with Gasteiger partial charge in [-0.2, -0.15) is 5.26 Å². The largest absolute Gasteiger partial charge is 0.451 e. The smallest absolute Gasteiger partial charge is 0.358 e. The van der Waals surface area contributed by atoms with Crippen LogP contribution >= 0.6 is 22.9 Å². The van der Waals surface area contributed by atoms with E-state index in [0.29, 0.717) is 21.3 Å². The number of rotatable bonds is 5. The number of benzene rings is 2. The molecule has 0 radical (unpaired) electrons. The van der Waals surface area contributed by atoms with Gasteiger partial charge in [-0.3, -0.25) is 4.79 Å². The molecule has 0 aliphatic carbocycles. The second kappa shape index (κ2) is 8.45. The highest BCUT2D eigenvalue weighted by Crippen LogP contribution is 2.26. The van der Waals surface area contributed by atoms with Crippen LogP contribution in [0.2, 0.25) is 5.02 Å². The first-order chi connectivity index (χ1) is 13.1. The number of esters is 1. The summed E-state index contributed by atoms with van der Waals surface area (Å²) >= 11 is 7.23. The van der Waals surface area contributed by atoms with Crippen LogP contribution < -0.4 is 5.32 Å². The van der Waals surface area contributed by atoms with Crippen molar-refractivity contribution in [2.75, 3.05) is 11.9 Å². The summed E-state index contributed by atoms with van der Waals surface area (Å²) in [5, 5.41) is 14.3. The molecule has 0 unspecified atom stereocenters. The molecule has 27 heavy (non-hydrogen) atoms. The Balaban J connectivity index is 1.60. The third kappa shape index (κ3) is 4.70. The molecule has 0 aliphatic heterocycles. The minimum absolute atomic E-state index is 0.111. The van der Waals surface area contributed by atoms with Gasteiger partial charge < -0.3 is 10.1 Å². The van der Waals surface area contributed by atoms with Crippen LogP contribution in [0.5, 0.6) is 0 Å². The van der Waals surface area contributed by atoms with Crippen molar-refractivity contribution in [2.45, 2.75) is 0 Å². The molecule has 134 valence electrons. The molecular formula is C19H12ClN3O3S. The van der Waals surface area contributed by atoms with Gasteiger partial charge in [-0.15, -0.1) is 11.3 Å². The van der Waals surface area contributed by atoms with Crippen LogP contribution in [-0.2, 0) is 9.53 Å². The average molecular weight is 398 g/mol. The topological polar surface area (TPSA) is 92.1 Å². The Morgan fingerprint density at radius 1 is 1.22 bits per heavy atom. The number of thiazole rings is 1. The van der Waals surface area contributed by atoms with Crippen molar-refractivity contribution in [1.29, 1.82) is 5.26 Å². The molecule has 1 aromatic heterocycles. The monoisotopic (exact) mass is 397 g/mol. The molecule has 0 atom stereocenters. The van der Waals surface area contributed by atoms with Crippen LogP contribution in [0.15, 0.2) is 53.9 Å². The number of carbonyl (C=O) groups excluding carboxylic acids is 2. The van der Waals surface area contributed by atoms with Gasteiger partial charge in [0.25, 0.3) is 5.91 Å². The van der Waals surface area contributed by atoms with Crippen molar-refractivity contribution in [3.63, 3.8) is 0 Å². The van der Waals surface area contributed by atoms with Crippen LogP contribution in [-0.4, -0.2) is 23.5 Å². The Labute approximate surface area is 164 Å². The molecule has 1 heterocycles. The molecule has 2 aromatic carbocycles. The number of anilines is 1. The zero-order valence-electron chi connectivity index (χ0n) is 13.8. The van der Waals surface area contributed by atoms with Crippen molar-refractivity contribution >= 4 is 40.5 Å². The number of hydrogen-bond acceptors (Lipinski definition) is 6. The van der Waals surface area contributed by atoms with Gasteiger partial charge >= 0.3 is 5.97 Å². The number of carbonyl (C=O) groups is 2. The second-order valence-electron chi connectivity index (χ2n) is 5.33. The predicted octanol–water partition coefficient (Wildman–Crippen LogP) is 4.13. The lowest BCUT2D eigenvalue weighted by molar-refractivity contribution is -0.119. The van der Waals surface area contributed by atoms with E-state index in [1.807, 2.05) is 12.1 Å². The Hall–Kier alpha value is -3.21. The summed E-state index contributed by atoms with van der Waals surface area (Å²) in [5.74, 6) is -1.25. The number of hydrogen-bond donors (Lipinski definition) is 1. The fraction of sp³-hybridized carbons (Fsp3) is 0.0526. The Morgan fingerprint density at radius 2 is 2.04 bits per heavy atom. The highest BCUT2D eigenvalue weighted by molar-refractivity contribution is 7.13. The number of amides is 1. The van der Waals surface area contributed by atoms with Crippen LogP contribution in [0.1, 0.15) is 16.1 Å². The molecule has 8 heteroatoms. The number of aromatic nitrogens is 1. The zero-order valence-corrected chi connectivity index (χ0v) is 15.4. The van der Waals surface area contributed by atoms with E-state index in [0.717, 1.165) is 5.56 Å². The third-order valence-electron chi connectivity index (χ3n) is 3.44. The van der Waals surface area contributed by atoms with Crippen molar-refractivity contribution in [3.8, 4) is 16.6 Å². The summed E-state index contributed by atoms with van der Waals surface area (Å²) in [6.07, 6.45) is 0. The number of nitrogens with one attached hydrogen (secondary N) is 1. The fourth-order valence-electron chi connectivity index (χ4n) is 2.20. The molecule has 0 saturated carbocycles.